The van der Waals surface area contributed by atoms with Gasteiger partial charge in [-0.05, 0) is 43.6 Å². The highest BCUT2D eigenvalue weighted by molar-refractivity contribution is 5.96. The zero-order valence-corrected chi connectivity index (χ0v) is 11.7. The van der Waals surface area contributed by atoms with Crippen LogP contribution in [0.1, 0.15) is 34.9 Å². The summed E-state index contributed by atoms with van der Waals surface area (Å²) in [5.41, 5.74) is 1.79. The van der Waals surface area contributed by atoms with E-state index >= 15 is 0 Å². The number of Topliss-reactive ketones (excluding diaryl/α,β-unsaturated/α-hetero) is 1. The van der Waals surface area contributed by atoms with E-state index in [-0.39, 0.29) is 5.78 Å². The minimum absolute atomic E-state index is 0.168. The van der Waals surface area contributed by atoms with Crippen LogP contribution in [0.5, 0.6) is 0 Å². The Bertz CT molecular complexity index is 593. The Hall–Kier alpha value is -1.88. The molecule has 1 saturated heterocycles. The van der Waals surface area contributed by atoms with E-state index in [4.69, 9.17) is 0 Å². The van der Waals surface area contributed by atoms with Gasteiger partial charge in [0, 0.05) is 31.9 Å². The van der Waals surface area contributed by atoms with Gasteiger partial charge in [-0.1, -0.05) is 0 Å². The van der Waals surface area contributed by atoms with Crippen LogP contribution in [0.4, 0.5) is 0 Å². The Balaban J connectivity index is 1.76. The first-order valence-corrected chi connectivity index (χ1v) is 7.12. The molecule has 0 atom stereocenters. The largest absolute Gasteiger partial charge is 0.342 e. The van der Waals surface area contributed by atoms with Gasteiger partial charge in [-0.3, -0.25) is 9.48 Å². The van der Waals surface area contributed by atoms with Crippen LogP contribution < -0.4 is 5.32 Å². The van der Waals surface area contributed by atoms with Gasteiger partial charge in [0.1, 0.15) is 0 Å². The standard InChI is InChI=1S/C15H20N4O/c1-18-11-12(10-17-18)9-15(20)14-3-2-8-19(14)13-4-6-16-7-5-13/h2-3,8,10-11,13,16H,4-7,9H2,1H3. The van der Waals surface area contributed by atoms with Gasteiger partial charge in [0.15, 0.2) is 5.78 Å². The predicted octanol–water partition coefficient (Wildman–Crippen LogP) is 1.57. The molecule has 106 valence electrons. The Morgan fingerprint density at radius 2 is 2.25 bits per heavy atom. The molecule has 0 aliphatic carbocycles. The van der Waals surface area contributed by atoms with Crippen molar-refractivity contribution in [2.24, 2.45) is 7.05 Å². The van der Waals surface area contributed by atoms with E-state index in [0.29, 0.717) is 12.5 Å². The first-order chi connectivity index (χ1) is 9.74. The summed E-state index contributed by atoms with van der Waals surface area (Å²) in [5, 5.41) is 7.47. The van der Waals surface area contributed by atoms with Crippen molar-refractivity contribution in [2.75, 3.05) is 13.1 Å². The van der Waals surface area contributed by atoms with Gasteiger partial charge in [-0.2, -0.15) is 5.10 Å². The van der Waals surface area contributed by atoms with Crippen LogP contribution in [0.25, 0.3) is 0 Å². The number of nitrogens with zero attached hydrogens (tertiary/aromatic N) is 3. The normalized spacial score (nSPS) is 16.4. The van der Waals surface area contributed by atoms with E-state index in [9.17, 15) is 4.79 Å². The van der Waals surface area contributed by atoms with E-state index in [1.54, 1.807) is 10.9 Å². The molecule has 3 rings (SSSR count). The molecule has 5 heteroatoms. The summed E-state index contributed by atoms with van der Waals surface area (Å²) in [5.74, 6) is 0.168. The second-order valence-corrected chi connectivity index (χ2v) is 5.40. The molecule has 0 aromatic carbocycles. The average molecular weight is 272 g/mol. The lowest BCUT2D eigenvalue weighted by atomic mass is 10.1. The highest BCUT2D eigenvalue weighted by atomic mass is 16.1. The zero-order valence-electron chi connectivity index (χ0n) is 11.7. The summed E-state index contributed by atoms with van der Waals surface area (Å²) < 4.78 is 3.88. The maximum Gasteiger partial charge on any atom is 0.183 e. The summed E-state index contributed by atoms with van der Waals surface area (Å²) in [6.45, 7) is 2.05. The van der Waals surface area contributed by atoms with Crippen LogP contribution in [0.2, 0.25) is 0 Å². The van der Waals surface area contributed by atoms with Crippen LogP contribution in [0.15, 0.2) is 30.7 Å². The molecule has 2 aromatic heterocycles. The number of aryl methyl sites for hydroxylation is 1. The van der Waals surface area contributed by atoms with Crippen LogP contribution in [0.3, 0.4) is 0 Å². The van der Waals surface area contributed by atoms with Gasteiger partial charge in [-0.15, -0.1) is 0 Å². The lowest BCUT2D eigenvalue weighted by Gasteiger charge is -2.25. The van der Waals surface area contributed by atoms with Crippen molar-refractivity contribution in [2.45, 2.75) is 25.3 Å². The Morgan fingerprint density at radius 1 is 1.45 bits per heavy atom. The molecule has 1 aliphatic heterocycles. The second-order valence-electron chi connectivity index (χ2n) is 5.40. The predicted molar refractivity (Wildman–Crippen MR) is 76.8 cm³/mol. The monoisotopic (exact) mass is 272 g/mol. The molecule has 20 heavy (non-hydrogen) atoms. The molecule has 0 amide bonds. The van der Waals surface area contributed by atoms with E-state index in [2.05, 4.69) is 15.0 Å². The van der Waals surface area contributed by atoms with Gasteiger partial charge < -0.3 is 9.88 Å². The molecule has 1 N–H and O–H groups in total. The molecule has 0 radical (unpaired) electrons. The van der Waals surface area contributed by atoms with Crippen LogP contribution >= 0.6 is 0 Å². The van der Waals surface area contributed by atoms with Crippen molar-refractivity contribution in [3.05, 3.63) is 42.0 Å². The number of carbonyl (C=O) groups is 1. The molecule has 1 aliphatic rings. The summed E-state index contributed by atoms with van der Waals surface area (Å²) in [6.07, 6.45) is 8.28. The fraction of sp³-hybridized carbons (Fsp3) is 0.467. The smallest absolute Gasteiger partial charge is 0.183 e. The Kier molecular flexibility index (Phi) is 3.69. The lowest BCUT2D eigenvalue weighted by Crippen LogP contribution is -2.30. The van der Waals surface area contributed by atoms with E-state index in [1.165, 1.54) is 0 Å². The highest BCUT2D eigenvalue weighted by Gasteiger charge is 2.20. The number of nitrogens with one attached hydrogen (secondary N) is 1. The Morgan fingerprint density at radius 3 is 2.95 bits per heavy atom. The molecular formula is C15H20N4O. The number of aromatic nitrogens is 3. The van der Waals surface area contributed by atoms with E-state index < -0.39 is 0 Å². The van der Waals surface area contributed by atoms with E-state index in [0.717, 1.165) is 37.2 Å². The average Bonchev–Trinajstić information content (AvgIpc) is 3.09. The topological polar surface area (TPSA) is 51.9 Å². The van der Waals surface area contributed by atoms with Crippen molar-refractivity contribution in [1.82, 2.24) is 19.7 Å². The van der Waals surface area contributed by atoms with Gasteiger partial charge in [0.05, 0.1) is 11.9 Å². The molecule has 0 saturated carbocycles. The number of piperidine rings is 1. The number of rotatable bonds is 4. The molecule has 5 nitrogen and oxygen atoms in total. The third kappa shape index (κ3) is 2.67. The van der Waals surface area contributed by atoms with Crippen molar-refractivity contribution in [3.63, 3.8) is 0 Å². The van der Waals surface area contributed by atoms with Gasteiger partial charge in [-0.25, -0.2) is 0 Å². The maximum absolute atomic E-state index is 12.5. The van der Waals surface area contributed by atoms with Crippen molar-refractivity contribution >= 4 is 5.78 Å². The first-order valence-electron chi connectivity index (χ1n) is 7.12. The van der Waals surface area contributed by atoms with Crippen LogP contribution in [-0.2, 0) is 13.5 Å². The summed E-state index contributed by atoms with van der Waals surface area (Å²) in [6, 6.07) is 4.35. The molecule has 3 heterocycles. The minimum Gasteiger partial charge on any atom is -0.342 e. The number of carbonyl (C=O) groups excluding carboxylic acids is 1. The number of hydrogen-bond acceptors (Lipinski definition) is 3. The minimum atomic E-state index is 0.168. The molecule has 1 fully saturated rings. The highest BCUT2D eigenvalue weighted by Crippen LogP contribution is 2.22. The fourth-order valence-electron chi connectivity index (χ4n) is 2.87. The molecule has 0 spiro atoms. The van der Waals surface area contributed by atoms with E-state index in [1.807, 2.05) is 31.6 Å². The quantitative estimate of drug-likeness (QED) is 0.860. The number of ketones is 1. The van der Waals surface area contributed by atoms with Crippen LogP contribution in [-0.4, -0.2) is 33.2 Å². The van der Waals surface area contributed by atoms with Crippen molar-refractivity contribution in [3.8, 4) is 0 Å². The SMILES string of the molecule is Cn1cc(CC(=O)c2cccn2C2CCNCC2)cn1. The van der Waals surface area contributed by atoms with Crippen molar-refractivity contribution < 1.29 is 4.79 Å². The van der Waals surface area contributed by atoms with Gasteiger partial charge in [0.25, 0.3) is 0 Å². The first kappa shape index (κ1) is 13.1. The summed E-state index contributed by atoms with van der Waals surface area (Å²) in [4.78, 5) is 12.5. The third-order valence-corrected chi connectivity index (χ3v) is 3.89. The lowest BCUT2D eigenvalue weighted by molar-refractivity contribution is 0.0980. The van der Waals surface area contributed by atoms with Crippen LogP contribution in [0, 0.1) is 0 Å². The molecule has 0 bridgehead atoms. The molecule has 0 unspecified atom stereocenters. The van der Waals surface area contributed by atoms with Gasteiger partial charge >= 0.3 is 0 Å². The summed E-state index contributed by atoms with van der Waals surface area (Å²) in [7, 11) is 1.87. The van der Waals surface area contributed by atoms with Gasteiger partial charge in [0.2, 0.25) is 0 Å². The Labute approximate surface area is 118 Å². The summed E-state index contributed by atoms with van der Waals surface area (Å²) >= 11 is 0. The number of hydrogen-bond donors (Lipinski definition) is 1. The molecular weight excluding hydrogens is 252 g/mol. The zero-order chi connectivity index (χ0) is 13.9. The maximum atomic E-state index is 12.5. The third-order valence-electron chi connectivity index (χ3n) is 3.89. The fourth-order valence-corrected chi connectivity index (χ4v) is 2.87. The van der Waals surface area contributed by atoms with Crippen molar-refractivity contribution in [1.29, 1.82) is 0 Å². The second kappa shape index (κ2) is 5.63. The molecule has 2 aromatic rings.